The van der Waals surface area contributed by atoms with Gasteiger partial charge >= 0.3 is 5.97 Å². The molecule has 1 aliphatic carbocycles. The first-order valence-electron chi connectivity index (χ1n) is 7.98. The molecule has 1 aliphatic rings. The molecule has 2 heterocycles. The molecule has 24 heavy (non-hydrogen) atoms. The van der Waals surface area contributed by atoms with Crippen molar-refractivity contribution in [3.8, 4) is 10.8 Å². The van der Waals surface area contributed by atoms with Crippen LogP contribution in [0.15, 0.2) is 21.9 Å². The Morgan fingerprint density at radius 3 is 2.58 bits per heavy atom. The van der Waals surface area contributed by atoms with Crippen LogP contribution in [0.5, 0.6) is 0 Å². The number of carbonyl (C=O) groups excluding carboxylic acids is 1. The number of carbonyl (C=O) groups is 2. The SMILES string of the molecule is Cc1ccc(-c2nc(C(=O)N(C)C3(C(=O)O)CCCCC3)cs2)o1. The molecule has 6 nitrogen and oxygen atoms in total. The van der Waals surface area contributed by atoms with E-state index in [0.29, 0.717) is 23.6 Å². The summed E-state index contributed by atoms with van der Waals surface area (Å²) in [6.07, 6.45) is 3.61. The summed E-state index contributed by atoms with van der Waals surface area (Å²) in [5, 5.41) is 12.0. The minimum absolute atomic E-state index is 0.262. The van der Waals surface area contributed by atoms with E-state index in [-0.39, 0.29) is 11.6 Å². The summed E-state index contributed by atoms with van der Waals surface area (Å²) in [4.78, 5) is 30.3. The third-order valence-corrected chi connectivity index (χ3v) is 5.56. The molecule has 2 aromatic rings. The van der Waals surface area contributed by atoms with Gasteiger partial charge in [0.25, 0.3) is 5.91 Å². The summed E-state index contributed by atoms with van der Waals surface area (Å²) < 4.78 is 5.53. The van der Waals surface area contributed by atoms with Crippen molar-refractivity contribution < 1.29 is 19.1 Å². The van der Waals surface area contributed by atoms with Gasteiger partial charge in [-0.25, -0.2) is 9.78 Å². The summed E-state index contributed by atoms with van der Waals surface area (Å²) in [5.41, 5.74) is -0.863. The minimum atomic E-state index is -1.12. The zero-order valence-electron chi connectivity index (χ0n) is 13.7. The van der Waals surface area contributed by atoms with Crippen LogP contribution in [0, 0.1) is 6.92 Å². The van der Waals surface area contributed by atoms with Crippen molar-refractivity contribution in [1.29, 1.82) is 0 Å². The molecule has 2 aromatic heterocycles. The number of rotatable bonds is 4. The molecule has 0 radical (unpaired) electrons. The van der Waals surface area contributed by atoms with Crippen LogP contribution < -0.4 is 0 Å². The lowest BCUT2D eigenvalue weighted by Gasteiger charge is -2.40. The molecule has 7 heteroatoms. The van der Waals surface area contributed by atoms with Crippen LogP contribution in [0.4, 0.5) is 0 Å². The van der Waals surface area contributed by atoms with Gasteiger partial charge in [0.2, 0.25) is 0 Å². The van der Waals surface area contributed by atoms with E-state index in [2.05, 4.69) is 4.98 Å². The van der Waals surface area contributed by atoms with Gasteiger partial charge in [0.15, 0.2) is 10.8 Å². The van der Waals surface area contributed by atoms with E-state index in [1.165, 1.54) is 16.2 Å². The van der Waals surface area contributed by atoms with E-state index in [0.717, 1.165) is 25.0 Å². The number of furan rings is 1. The van der Waals surface area contributed by atoms with Crippen LogP contribution in [0.25, 0.3) is 10.8 Å². The maximum absolute atomic E-state index is 12.8. The van der Waals surface area contributed by atoms with Gasteiger partial charge in [0.1, 0.15) is 17.0 Å². The molecule has 1 N–H and O–H groups in total. The third-order valence-electron chi connectivity index (χ3n) is 4.70. The average molecular weight is 348 g/mol. The van der Waals surface area contributed by atoms with Crippen molar-refractivity contribution in [2.75, 3.05) is 7.05 Å². The number of thiazole rings is 1. The standard InChI is InChI=1S/C17H20N2O4S/c1-11-6-7-13(23-11)14-18-12(10-24-14)15(20)19(2)17(16(21)22)8-4-3-5-9-17/h6-7,10H,3-5,8-9H2,1-2H3,(H,21,22). The highest BCUT2D eigenvalue weighted by Gasteiger charge is 2.46. The summed E-state index contributed by atoms with van der Waals surface area (Å²) in [6, 6.07) is 3.65. The number of hydrogen-bond donors (Lipinski definition) is 1. The molecule has 0 aromatic carbocycles. The number of carboxylic acid groups (broad SMARTS) is 1. The van der Waals surface area contributed by atoms with Gasteiger partial charge in [-0.1, -0.05) is 19.3 Å². The first kappa shape index (κ1) is 16.7. The molecule has 3 rings (SSSR count). The maximum Gasteiger partial charge on any atom is 0.329 e. The Morgan fingerprint density at radius 1 is 1.29 bits per heavy atom. The van der Waals surface area contributed by atoms with Gasteiger partial charge in [0.05, 0.1) is 0 Å². The lowest BCUT2D eigenvalue weighted by atomic mass is 9.80. The molecule has 0 saturated heterocycles. The fraction of sp³-hybridized carbons (Fsp3) is 0.471. The van der Waals surface area contributed by atoms with E-state index in [1.54, 1.807) is 12.4 Å². The van der Waals surface area contributed by atoms with Gasteiger partial charge < -0.3 is 14.4 Å². The van der Waals surface area contributed by atoms with Gasteiger partial charge in [-0.15, -0.1) is 11.3 Å². The lowest BCUT2D eigenvalue weighted by Crippen LogP contribution is -2.56. The van der Waals surface area contributed by atoms with Crippen molar-refractivity contribution in [2.45, 2.75) is 44.6 Å². The predicted molar refractivity (Wildman–Crippen MR) is 90.1 cm³/mol. The Hall–Kier alpha value is -2.15. The maximum atomic E-state index is 12.8. The fourth-order valence-electron chi connectivity index (χ4n) is 3.23. The van der Waals surface area contributed by atoms with Gasteiger partial charge in [-0.2, -0.15) is 0 Å². The van der Waals surface area contributed by atoms with E-state index >= 15 is 0 Å². The van der Waals surface area contributed by atoms with E-state index < -0.39 is 11.5 Å². The molecule has 128 valence electrons. The minimum Gasteiger partial charge on any atom is -0.479 e. The Morgan fingerprint density at radius 2 is 2.00 bits per heavy atom. The van der Waals surface area contributed by atoms with Crippen molar-refractivity contribution in [3.05, 3.63) is 29.0 Å². The molecule has 1 saturated carbocycles. The highest BCUT2D eigenvalue weighted by molar-refractivity contribution is 7.13. The fourth-order valence-corrected chi connectivity index (χ4v) is 3.98. The molecular weight excluding hydrogens is 328 g/mol. The largest absolute Gasteiger partial charge is 0.479 e. The second-order valence-electron chi connectivity index (χ2n) is 6.21. The molecular formula is C17H20N2O4S. The monoisotopic (exact) mass is 348 g/mol. The van der Waals surface area contributed by atoms with E-state index in [4.69, 9.17) is 4.42 Å². The quantitative estimate of drug-likeness (QED) is 0.913. The zero-order chi connectivity index (χ0) is 17.3. The molecule has 1 fully saturated rings. The summed E-state index contributed by atoms with van der Waals surface area (Å²) in [5.74, 6) is 0.0993. The van der Waals surface area contributed by atoms with Crippen LogP contribution in [0.3, 0.4) is 0 Å². The van der Waals surface area contributed by atoms with Crippen molar-refractivity contribution in [1.82, 2.24) is 9.88 Å². The van der Waals surface area contributed by atoms with Gasteiger partial charge in [0, 0.05) is 12.4 Å². The van der Waals surface area contributed by atoms with Gasteiger partial charge in [-0.05, 0) is 31.9 Å². The number of amides is 1. The zero-order valence-corrected chi connectivity index (χ0v) is 14.6. The molecule has 0 unspecified atom stereocenters. The Bertz CT molecular complexity index is 758. The normalized spacial score (nSPS) is 16.8. The lowest BCUT2D eigenvalue weighted by molar-refractivity contribution is -0.151. The van der Waals surface area contributed by atoms with E-state index in [1.807, 2.05) is 19.1 Å². The number of aryl methyl sites for hydroxylation is 1. The number of hydrogen-bond acceptors (Lipinski definition) is 5. The van der Waals surface area contributed by atoms with Crippen LogP contribution in [-0.2, 0) is 4.79 Å². The highest BCUT2D eigenvalue weighted by atomic mass is 32.1. The average Bonchev–Trinajstić information content (AvgIpc) is 3.22. The van der Waals surface area contributed by atoms with Crippen molar-refractivity contribution >= 4 is 23.2 Å². The number of aliphatic carboxylic acids is 1. The second-order valence-corrected chi connectivity index (χ2v) is 7.07. The highest BCUT2D eigenvalue weighted by Crippen LogP contribution is 2.35. The third kappa shape index (κ3) is 2.84. The molecule has 1 amide bonds. The second kappa shape index (κ2) is 6.39. The number of nitrogens with zero attached hydrogens (tertiary/aromatic N) is 2. The molecule has 0 spiro atoms. The summed E-state index contributed by atoms with van der Waals surface area (Å²) in [6.45, 7) is 1.84. The van der Waals surface area contributed by atoms with Crippen LogP contribution in [0.2, 0.25) is 0 Å². The van der Waals surface area contributed by atoms with Crippen molar-refractivity contribution in [3.63, 3.8) is 0 Å². The van der Waals surface area contributed by atoms with Crippen molar-refractivity contribution in [2.24, 2.45) is 0 Å². The first-order chi connectivity index (χ1) is 11.4. The summed E-state index contributed by atoms with van der Waals surface area (Å²) in [7, 11) is 1.57. The molecule has 0 atom stereocenters. The smallest absolute Gasteiger partial charge is 0.329 e. The Balaban J connectivity index is 1.85. The number of likely N-dealkylation sites (N-methyl/N-ethyl adjacent to an activating group) is 1. The Kier molecular flexibility index (Phi) is 4.45. The molecule has 0 aliphatic heterocycles. The Labute approximate surface area is 144 Å². The first-order valence-corrected chi connectivity index (χ1v) is 8.86. The topological polar surface area (TPSA) is 83.6 Å². The van der Waals surface area contributed by atoms with Crippen LogP contribution >= 0.6 is 11.3 Å². The van der Waals surface area contributed by atoms with Crippen LogP contribution in [-0.4, -0.2) is 39.5 Å². The van der Waals surface area contributed by atoms with E-state index in [9.17, 15) is 14.7 Å². The number of aromatic nitrogens is 1. The van der Waals surface area contributed by atoms with Crippen LogP contribution in [0.1, 0.15) is 48.4 Å². The van der Waals surface area contributed by atoms with Gasteiger partial charge in [-0.3, -0.25) is 4.79 Å². The summed E-state index contributed by atoms with van der Waals surface area (Å²) >= 11 is 1.32. The predicted octanol–water partition coefficient (Wildman–Crippen LogP) is 3.57. The number of carboxylic acids is 1. The molecule has 0 bridgehead atoms.